The van der Waals surface area contributed by atoms with E-state index in [9.17, 15) is 9.59 Å². The van der Waals surface area contributed by atoms with Crippen molar-refractivity contribution in [3.63, 3.8) is 0 Å². The highest BCUT2D eigenvalue weighted by atomic mass is 16.5. The molecule has 4 nitrogen and oxygen atoms in total. The lowest BCUT2D eigenvalue weighted by atomic mass is 10.1. The maximum Gasteiger partial charge on any atom is 0.379 e. The van der Waals surface area contributed by atoms with E-state index in [0.29, 0.717) is 12.0 Å². The van der Waals surface area contributed by atoms with Gasteiger partial charge in [0.15, 0.2) is 0 Å². The van der Waals surface area contributed by atoms with Gasteiger partial charge in [-0.3, -0.25) is 4.79 Å². The summed E-state index contributed by atoms with van der Waals surface area (Å²) in [6, 6.07) is 6.54. The predicted octanol–water partition coefficient (Wildman–Crippen LogP) is 0.967. The highest BCUT2D eigenvalue weighted by Gasteiger charge is 2.16. The predicted molar refractivity (Wildman–Crippen MR) is 58.2 cm³/mol. The largest absolute Gasteiger partial charge is 0.460 e. The first-order valence-corrected chi connectivity index (χ1v) is 5.10. The molecule has 0 aliphatic heterocycles. The lowest BCUT2D eigenvalue weighted by Crippen LogP contribution is -2.17. The van der Waals surface area contributed by atoms with Crippen LogP contribution in [0.3, 0.4) is 0 Å². The third-order valence-electron chi connectivity index (χ3n) is 2.08. The van der Waals surface area contributed by atoms with E-state index >= 15 is 0 Å². The molecule has 0 heterocycles. The van der Waals surface area contributed by atoms with Gasteiger partial charge in [-0.2, -0.15) is 0 Å². The topological polar surface area (TPSA) is 63.6 Å². The minimum absolute atomic E-state index is 0.0607. The molecule has 0 fully saturated rings. The number of carbonyl (C=O) groups is 2. The van der Waals surface area contributed by atoms with Crippen molar-refractivity contribution in [2.24, 2.45) is 0 Å². The van der Waals surface area contributed by atoms with Crippen molar-refractivity contribution in [3.8, 4) is 0 Å². The zero-order valence-corrected chi connectivity index (χ0v) is 9.10. The van der Waals surface area contributed by atoms with Gasteiger partial charge in [-0.25, -0.2) is 4.79 Å². The molecule has 1 aromatic rings. The molecule has 0 unspecified atom stereocenters. The second-order valence-corrected chi connectivity index (χ2v) is 3.22. The molecule has 86 valence electrons. The van der Waals surface area contributed by atoms with Crippen LogP contribution < -0.4 is 0 Å². The third kappa shape index (κ3) is 3.17. The summed E-state index contributed by atoms with van der Waals surface area (Å²) < 4.78 is 4.61. The standard InChI is InChI=1S/C12H14O4/c1-2-16-12(15)11(14)10-5-3-9(4-6-10)7-8-13/h3-6,13H,2,7-8H2,1H3. The zero-order valence-electron chi connectivity index (χ0n) is 9.10. The summed E-state index contributed by atoms with van der Waals surface area (Å²) in [5, 5.41) is 8.72. The number of aliphatic hydroxyl groups excluding tert-OH is 1. The molecule has 0 saturated heterocycles. The second-order valence-electron chi connectivity index (χ2n) is 3.22. The van der Waals surface area contributed by atoms with Crippen LogP contribution in [0.2, 0.25) is 0 Å². The van der Waals surface area contributed by atoms with Crippen molar-refractivity contribution in [3.05, 3.63) is 35.4 Å². The third-order valence-corrected chi connectivity index (χ3v) is 2.08. The minimum atomic E-state index is -0.836. The fourth-order valence-electron chi connectivity index (χ4n) is 1.27. The Morgan fingerprint density at radius 1 is 1.25 bits per heavy atom. The Hall–Kier alpha value is -1.68. The summed E-state index contributed by atoms with van der Waals surface area (Å²) in [5.41, 5.74) is 1.23. The van der Waals surface area contributed by atoms with E-state index in [0.717, 1.165) is 5.56 Å². The zero-order chi connectivity index (χ0) is 12.0. The molecule has 0 radical (unpaired) electrons. The smallest absolute Gasteiger partial charge is 0.379 e. The molecule has 0 atom stereocenters. The van der Waals surface area contributed by atoms with Gasteiger partial charge in [0.2, 0.25) is 0 Å². The Bertz CT molecular complexity index is 367. The molecule has 0 saturated carbocycles. The van der Waals surface area contributed by atoms with Gasteiger partial charge < -0.3 is 9.84 Å². The van der Waals surface area contributed by atoms with Crippen LogP contribution in [0.4, 0.5) is 0 Å². The van der Waals surface area contributed by atoms with E-state index in [1.165, 1.54) is 0 Å². The molecular weight excluding hydrogens is 208 g/mol. The number of aliphatic hydroxyl groups is 1. The van der Waals surface area contributed by atoms with Gasteiger partial charge in [-0.05, 0) is 18.9 Å². The maximum absolute atomic E-state index is 11.5. The van der Waals surface area contributed by atoms with Gasteiger partial charge in [-0.1, -0.05) is 24.3 Å². The summed E-state index contributed by atoms with van der Waals surface area (Å²) >= 11 is 0. The van der Waals surface area contributed by atoms with E-state index in [1.54, 1.807) is 31.2 Å². The van der Waals surface area contributed by atoms with Crippen LogP contribution in [-0.4, -0.2) is 30.1 Å². The number of hydrogen-bond acceptors (Lipinski definition) is 4. The van der Waals surface area contributed by atoms with Crippen LogP contribution in [-0.2, 0) is 16.0 Å². The number of ketones is 1. The average molecular weight is 222 g/mol. The summed E-state index contributed by atoms with van der Waals surface area (Å²) in [5.74, 6) is -1.48. The number of carbonyl (C=O) groups excluding carboxylic acids is 2. The average Bonchev–Trinajstić information content (AvgIpc) is 2.30. The van der Waals surface area contributed by atoms with Crippen LogP contribution in [0.1, 0.15) is 22.8 Å². The Kier molecular flexibility index (Phi) is 4.66. The SMILES string of the molecule is CCOC(=O)C(=O)c1ccc(CCO)cc1. The monoisotopic (exact) mass is 222 g/mol. The van der Waals surface area contributed by atoms with Crippen LogP contribution in [0.25, 0.3) is 0 Å². The van der Waals surface area contributed by atoms with Crippen molar-refractivity contribution in [1.82, 2.24) is 0 Å². The van der Waals surface area contributed by atoms with Gasteiger partial charge in [0.25, 0.3) is 5.78 Å². The molecule has 16 heavy (non-hydrogen) atoms. The molecule has 0 aliphatic rings. The fraction of sp³-hybridized carbons (Fsp3) is 0.333. The molecule has 0 amide bonds. The molecule has 0 bridgehead atoms. The van der Waals surface area contributed by atoms with Crippen molar-refractivity contribution in [2.75, 3.05) is 13.2 Å². The molecule has 4 heteroatoms. The molecule has 1 rings (SSSR count). The van der Waals surface area contributed by atoms with E-state index in [4.69, 9.17) is 5.11 Å². The van der Waals surface area contributed by atoms with Crippen LogP contribution >= 0.6 is 0 Å². The lowest BCUT2D eigenvalue weighted by molar-refractivity contribution is -0.137. The highest BCUT2D eigenvalue weighted by molar-refractivity contribution is 6.40. The van der Waals surface area contributed by atoms with Gasteiger partial charge in [-0.15, -0.1) is 0 Å². The van der Waals surface area contributed by atoms with E-state index < -0.39 is 11.8 Å². The fourth-order valence-corrected chi connectivity index (χ4v) is 1.27. The van der Waals surface area contributed by atoms with Gasteiger partial charge in [0.1, 0.15) is 0 Å². The number of benzene rings is 1. The number of ether oxygens (including phenoxy) is 1. The molecule has 0 aromatic heterocycles. The first-order valence-electron chi connectivity index (χ1n) is 5.10. The summed E-state index contributed by atoms with van der Waals surface area (Å²) in [6.45, 7) is 1.90. The number of Topliss-reactive ketones (excluding diaryl/α,β-unsaturated/α-hetero) is 1. The Labute approximate surface area is 93.9 Å². The van der Waals surface area contributed by atoms with Crippen molar-refractivity contribution < 1.29 is 19.4 Å². The van der Waals surface area contributed by atoms with Crippen LogP contribution in [0.15, 0.2) is 24.3 Å². The van der Waals surface area contributed by atoms with Crippen LogP contribution in [0, 0.1) is 0 Å². The molecular formula is C12H14O4. The Morgan fingerprint density at radius 2 is 1.88 bits per heavy atom. The van der Waals surface area contributed by atoms with Crippen molar-refractivity contribution >= 4 is 11.8 Å². The first kappa shape index (κ1) is 12.4. The van der Waals surface area contributed by atoms with Gasteiger partial charge in [0.05, 0.1) is 6.61 Å². The summed E-state index contributed by atoms with van der Waals surface area (Å²) in [4.78, 5) is 22.6. The van der Waals surface area contributed by atoms with E-state index in [-0.39, 0.29) is 13.2 Å². The molecule has 1 N–H and O–H groups in total. The van der Waals surface area contributed by atoms with Crippen molar-refractivity contribution in [2.45, 2.75) is 13.3 Å². The molecule has 0 spiro atoms. The minimum Gasteiger partial charge on any atom is -0.460 e. The van der Waals surface area contributed by atoms with Gasteiger partial charge >= 0.3 is 5.97 Å². The Morgan fingerprint density at radius 3 is 2.38 bits per heavy atom. The normalized spacial score (nSPS) is 9.88. The first-order chi connectivity index (χ1) is 7.69. The highest BCUT2D eigenvalue weighted by Crippen LogP contribution is 2.06. The molecule has 1 aromatic carbocycles. The van der Waals surface area contributed by atoms with Crippen LogP contribution in [0.5, 0.6) is 0 Å². The summed E-state index contributed by atoms with van der Waals surface area (Å²) in [7, 11) is 0. The number of rotatable bonds is 5. The second kappa shape index (κ2) is 6.02. The Balaban J connectivity index is 2.73. The van der Waals surface area contributed by atoms with E-state index in [1.807, 2.05) is 0 Å². The van der Waals surface area contributed by atoms with E-state index in [2.05, 4.69) is 4.74 Å². The van der Waals surface area contributed by atoms with Gasteiger partial charge in [0, 0.05) is 12.2 Å². The lowest BCUT2D eigenvalue weighted by Gasteiger charge is -2.02. The number of hydrogen-bond donors (Lipinski definition) is 1. The quantitative estimate of drug-likeness (QED) is 0.458. The number of esters is 1. The van der Waals surface area contributed by atoms with Crippen molar-refractivity contribution in [1.29, 1.82) is 0 Å². The summed E-state index contributed by atoms with van der Waals surface area (Å²) in [6.07, 6.45) is 0.536. The molecule has 0 aliphatic carbocycles. The maximum atomic E-state index is 11.5.